The second-order valence-corrected chi connectivity index (χ2v) is 6.71. The lowest BCUT2D eigenvalue weighted by molar-refractivity contribution is -0.136. The van der Waals surface area contributed by atoms with E-state index in [0.29, 0.717) is 18.7 Å². The molecule has 1 fully saturated rings. The van der Waals surface area contributed by atoms with Crippen molar-refractivity contribution < 1.29 is 19.3 Å². The Bertz CT molecular complexity index is 591. The van der Waals surface area contributed by atoms with Crippen LogP contribution in [0.3, 0.4) is 0 Å². The van der Waals surface area contributed by atoms with E-state index in [4.69, 9.17) is 16.7 Å². The zero-order valence-corrected chi connectivity index (χ0v) is 12.2. The van der Waals surface area contributed by atoms with E-state index in [1.54, 1.807) is 0 Å². The molecule has 1 aliphatic rings. The molecule has 1 aromatic carbocycles. The van der Waals surface area contributed by atoms with Crippen molar-refractivity contribution in [2.75, 3.05) is 11.6 Å². The first-order valence-electron chi connectivity index (χ1n) is 6.35. The molecule has 1 heterocycles. The molecule has 1 saturated heterocycles. The minimum absolute atomic E-state index is 0.115. The summed E-state index contributed by atoms with van der Waals surface area (Å²) in [4.78, 5) is 22.8. The number of aromatic carboxylic acids is 1. The fourth-order valence-electron chi connectivity index (χ4n) is 2.14. The molecule has 1 unspecified atom stereocenters. The number of rotatable bonds is 4. The Hall–Kier alpha value is -1.89. The molecule has 1 aliphatic heterocycles. The number of anilines is 1. The number of carboxylic acid groups (broad SMARTS) is 1. The van der Waals surface area contributed by atoms with Gasteiger partial charge in [0.25, 0.3) is 5.91 Å². The first kappa shape index (κ1) is 15.5. The maximum Gasteiger partial charge on any atom is 0.335 e. The van der Waals surface area contributed by atoms with E-state index in [1.165, 1.54) is 24.3 Å². The second-order valence-electron chi connectivity index (χ2n) is 4.91. The second kappa shape index (κ2) is 5.85. The lowest BCUT2D eigenvalue weighted by Gasteiger charge is -2.36. The average molecular weight is 312 g/mol. The van der Waals surface area contributed by atoms with E-state index >= 15 is 0 Å². The smallest absolute Gasteiger partial charge is 0.335 e. The lowest BCUT2D eigenvalue weighted by Crippen LogP contribution is -2.59. The van der Waals surface area contributed by atoms with E-state index in [9.17, 15) is 14.2 Å². The van der Waals surface area contributed by atoms with Crippen LogP contribution in [0.25, 0.3) is 0 Å². The number of nitrogens with one attached hydrogen (secondary N) is 1. The fourth-order valence-corrected chi connectivity index (χ4v) is 3.54. The number of piperidine rings is 1. The van der Waals surface area contributed by atoms with Crippen LogP contribution in [0.2, 0.25) is 0 Å². The summed E-state index contributed by atoms with van der Waals surface area (Å²) < 4.78 is 12.4. The molecular weight excluding hydrogens is 295 g/mol. The van der Waals surface area contributed by atoms with Gasteiger partial charge in [0, 0.05) is 12.2 Å². The molecule has 0 bridgehead atoms. The van der Waals surface area contributed by atoms with Gasteiger partial charge in [-0.2, -0.15) is 0 Å². The molecule has 8 nitrogen and oxygen atoms in total. The topological polar surface area (TPSA) is 139 Å². The highest BCUT2D eigenvalue weighted by Crippen LogP contribution is 2.41. The van der Waals surface area contributed by atoms with Gasteiger partial charge in [-0.1, -0.05) is 0 Å². The maximum absolute atomic E-state index is 12.4. The zero-order chi connectivity index (χ0) is 15.6. The molecule has 1 amide bonds. The van der Waals surface area contributed by atoms with Gasteiger partial charge in [-0.25, -0.2) is 10.6 Å². The minimum Gasteiger partial charge on any atom is -0.478 e. The lowest BCUT2D eigenvalue weighted by atomic mass is 10.1. The van der Waals surface area contributed by atoms with Crippen LogP contribution >= 0.6 is 7.95 Å². The number of hydrogen-bond donors (Lipinski definition) is 4. The highest BCUT2D eigenvalue weighted by atomic mass is 31.1. The van der Waals surface area contributed by atoms with Gasteiger partial charge < -0.3 is 20.5 Å². The van der Waals surface area contributed by atoms with Gasteiger partial charge in [0.05, 0.1) is 5.56 Å². The highest BCUT2D eigenvalue weighted by molar-refractivity contribution is 7.49. The Kier molecular flexibility index (Phi) is 4.32. The monoisotopic (exact) mass is 312 g/mol. The van der Waals surface area contributed by atoms with Gasteiger partial charge in [0.1, 0.15) is 0 Å². The van der Waals surface area contributed by atoms with Gasteiger partial charge in [-0.05, 0) is 37.1 Å². The summed E-state index contributed by atoms with van der Waals surface area (Å²) in [6.45, 7) is 0.389. The number of nitrogens with zero attached hydrogens (tertiary/aromatic N) is 1. The molecule has 2 atom stereocenters. The fraction of sp³-hybridized carbons (Fsp3) is 0.333. The first-order valence-corrected chi connectivity index (χ1v) is 7.76. The van der Waals surface area contributed by atoms with E-state index in [1.807, 2.05) is 0 Å². The summed E-state index contributed by atoms with van der Waals surface area (Å²) in [5.74, 6) is 3.93. The zero-order valence-electron chi connectivity index (χ0n) is 11.2. The standard InChI is InChI=1S/C12H17N4O4P/c13-12(6-1-7-16(14)11(12)19)21(20)15-9-4-2-8(3-5-9)10(17)18/h2-5,21H,1,6-7,13-14H2,(H,15,20)(H,17,18)/t12-/m0/s1. The van der Waals surface area contributed by atoms with Crippen molar-refractivity contribution in [1.29, 1.82) is 0 Å². The van der Waals surface area contributed by atoms with Gasteiger partial charge in [-0.15, -0.1) is 0 Å². The number of carbonyl (C=O) groups is 2. The van der Waals surface area contributed by atoms with Crippen molar-refractivity contribution in [1.82, 2.24) is 5.01 Å². The van der Waals surface area contributed by atoms with Crippen LogP contribution < -0.4 is 16.7 Å². The predicted octanol–water partition coefficient (Wildman–Crippen LogP) is 0.422. The molecule has 2 rings (SSSR count). The third-order valence-electron chi connectivity index (χ3n) is 3.41. The Balaban J connectivity index is 2.13. The average Bonchev–Trinajstić information content (AvgIpc) is 2.45. The summed E-state index contributed by atoms with van der Waals surface area (Å²) in [7, 11) is -2.70. The predicted molar refractivity (Wildman–Crippen MR) is 78.1 cm³/mol. The molecule has 0 aliphatic carbocycles. The molecular formula is C12H17N4O4P. The van der Waals surface area contributed by atoms with E-state index < -0.39 is 25.1 Å². The van der Waals surface area contributed by atoms with E-state index in [2.05, 4.69) is 5.09 Å². The van der Waals surface area contributed by atoms with Crippen LogP contribution in [-0.4, -0.2) is 33.8 Å². The molecule has 0 spiro atoms. The van der Waals surface area contributed by atoms with Crippen molar-refractivity contribution in [3.63, 3.8) is 0 Å². The Morgan fingerprint density at radius 3 is 2.57 bits per heavy atom. The molecule has 9 heteroatoms. The maximum atomic E-state index is 12.4. The number of benzene rings is 1. The quantitative estimate of drug-likeness (QED) is 0.359. The number of nitrogens with two attached hydrogens (primary N) is 2. The summed E-state index contributed by atoms with van der Waals surface area (Å²) in [5, 5.41) is 11.0. The third kappa shape index (κ3) is 3.07. The Labute approximate surface area is 121 Å². The van der Waals surface area contributed by atoms with E-state index in [-0.39, 0.29) is 12.0 Å². The largest absolute Gasteiger partial charge is 0.478 e. The summed E-state index contributed by atoms with van der Waals surface area (Å²) >= 11 is 0. The molecule has 0 radical (unpaired) electrons. The number of carboxylic acids is 1. The highest BCUT2D eigenvalue weighted by Gasteiger charge is 2.45. The molecule has 0 aromatic heterocycles. The van der Waals surface area contributed by atoms with Crippen LogP contribution in [0.1, 0.15) is 23.2 Å². The van der Waals surface area contributed by atoms with E-state index in [0.717, 1.165) is 5.01 Å². The van der Waals surface area contributed by atoms with Crippen LogP contribution in [-0.2, 0) is 9.36 Å². The van der Waals surface area contributed by atoms with Gasteiger partial charge in [-0.3, -0.25) is 9.80 Å². The number of amides is 1. The molecule has 21 heavy (non-hydrogen) atoms. The van der Waals surface area contributed by atoms with Gasteiger partial charge in [0.2, 0.25) is 0 Å². The van der Waals surface area contributed by atoms with Crippen molar-refractivity contribution in [2.24, 2.45) is 11.6 Å². The summed E-state index contributed by atoms with van der Waals surface area (Å²) in [6, 6.07) is 5.70. The molecule has 6 N–H and O–H groups in total. The normalized spacial score (nSPS) is 23.7. The summed E-state index contributed by atoms with van der Waals surface area (Å²) in [6.07, 6.45) is 0.867. The minimum atomic E-state index is -2.70. The SMILES string of the molecule is NN1CCC[C@](N)([PH](=O)Nc2ccc(C(=O)O)cc2)C1=O. The molecule has 0 saturated carbocycles. The van der Waals surface area contributed by atoms with Crippen LogP contribution in [0.4, 0.5) is 5.69 Å². The van der Waals surface area contributed by atoms with Crippen molar-refractivity contribution in [2.45, 2.75) is 18.1 Å². The van der Waals surface area contributed by atoms with Crippen molar-refractivity contribution in [3.8, 4) is 0 Å². The van der Waals surface area contributed by atoms with Crippen LogP contribution in [0.15, 0.2) is 24.3 Å². The number of carbonyl (C=O) groups excluding carboxylic acids is 1. The Morgan fingerprint density at radius 1 is 1.38 bits per heavy atom. The first-order chi connectivity index (χ1) is 9.84. The van der Waals surface area contributed by atoms with Crippen molar-refractivity contribution >= 4 is 25.5 Å². The number of hydrogen-bond acceptors (Lipinski definition) is 5. The van der Waals surface area contributed by atoms with Crippen molar-refractivity contribution in [3.05, 3.63) is 29.8 Å². The summed E-state index contributed by atoms with van der Waals surface area (Å²) in [5.41, 5.74) is 6.52. The molecule has 1 aromatic rings. The Morgan fingerprint density at radius 2 is 2.00 bits per heavy atom. The molecule has 114 valence electrons. The van der Waals surface area contributed by atoms with Gasteiger partial charge >= 0.3 is 5.97 Å². The van der Waals surface area contributed by atoms with Crippen LogP contribution in [0.5, 0.6) is 0 Å². The van der Waals surface area contributed by atoms with Crippen LogP contribution in [0, 0.1) is 0 Å². The third-order valence-corrected chi connectivity index (χ3v) is 5.20. The number of hydrazine groups is 1. The van der Waals surface area contributed by atoms with Gasteiger partial charge in [0.15, 0.2) is 13.2 Å².